The molecule has 1 N–H and O–H groups in total. The summed E-state index contributed by atoms with van der Waals surface area (Å²) in [5.74, 6) is -0.395. The van der Waals surface area contributed by atoms with Crippen LogP contribution in [0.5, 0.6) is 5.75 Å². The molecule has 1 aromatic carbocycles. The van der Waals surface area contributed by atoms with E-state index in [0.717, 1.165) is 5.56 Å². The summed E-state index contributed by atoms with van der Waals surface area (Å²) in [5.41, 5.74) is 0.546. The average Bonchev–Trinajstić information content (AvgIpc) is 2.95. The van der Waals surface area contributed by atoms with Crippen LogP contribution in [0.3, 0.4) is 0 Å². The molecule has 2 heterocycles. The molecule has 2 aliphatic heterocycles. The Kier molecular flexibility index (Phi) is 4.02. The third kappa shape index (κ3) is 2.57. The molecule has 0 saturated carbocycles. The summed E-state index contributed by atoms with van der Waals surface area (Å²) in [5, 5.41) is 9.68. The van der Waals surface area contributed by atoms with Gasteiger partial charge in [0.25, 0.3) is 5.91 Å². The second-order valence-electron chi connectivity index (χ2n) is 6.35. The number of carbonyl (C=O) groups excluding carboxylic acids is 1. The van der Waals surface area contributed by atoms with Crippen molar-refractivity contribution >= 4 is 11.9 Å². The Morgan fingerprint density at radius 1 is 1.43 bits per heavy atom. The first-order valence-electron chi connectivity index (χ1n) is 7.73. The number of nitrogens with zero attached hydrogens (tertiary/aromatic N) is 1. The Bertz CT molecular complexity index is 644. The van der Waals surface area contributed by atoms with Crippen molar-refractivity contribution in [3.8, 4) is 5.75 Å². The van der Waals surface area contributed by atoms with Crippen LogP contribution >= 0.6 is 0 Å². The van der Waals surface area contributed by atoms with Crippen LogP contribution in [0.25, 0.3) is 0 Å². The maximum absolute atomic E-state index is 12.8. The molecule has 2 fully saturated rings. The van der Waals surface area contributed by atoms with Crippen molar-refractivity contribution in [3.05, 3.63) is 29.3 Å². The lowest BCUT2D eigenvalue weighted by Gasteiger charge is -2.33. The van der Waals surface area contributed by atoms with E-state index in [1.807, 2.05) is 13.0 Å². The van der Waals surface area contributed by atoms with E-state index in [2.05, 4.69) is 0 Å². The number of benzene rings is 1. The average molecular weight is 319 g/mol. The Morgan fingerprint density at radius 2 is 2.22 bits per heavy atom. The molecule has 2 atom stereocenters. The second kappa shape index (κ2) is 5.85. The first kappa shape index (κ1) is 15.8. The van der Waals surface area contributed by atoms with E-state index in [9.17, 15) is 14.7 Å². The quantitative estimate of drug-likeness (QED) is 0.915. The number of carbonyl (C=O) groups is 2. The molecule has 6 heteroatoms. The Hall–Kier alpha value is -2.08. The third-order valence-corrected chi connectivity index (χ3v) is 5.08. The van der Waals surface area contributed by atoms with Crippen LogP contribution in [0, 0.1) is 18.3 Å². The van der Waals surface area contributed by atoms with Crippen LogP contribution in [0.1, 0.15) is 22.3 Å². The molecule has 0 aromatic heterocycles. The molecule has 124 valence electrons. The normalized spacial score (nSPS) is 26.7. The zero-order chi connectivity index (χ0) is 16.6. The lowest BCUT2D eigenvalue weighted by atomic mass is 9.74. The number of amides is 1. The van der Waals surface area contributed by atoms with Crippen molar-refractivity contribution in [2.75, 3.05) is 33.4 Å². The van der Waals surface area contributed by atoms with Gasteiger partial charge in [0.1, 0.15) is 5.75 Å². The fourth-order valence-corrected chi connectivity index (χ4v) is 3.63. The van der Waals surface area contributed by atoms with Crippen LogP contribution in [0.15, 0.2) is 18.2 Å². The fraction of sp³-hybridized carbons (Fsp3) is 0.529. The molecule has 1 aromatic rings. The van der Waals surface area contributed by atoms with Gasteiger partial charge < -0.3 is 19.5 Å². The molecule has 0 radical (unpaired) electrons. The number of methoxy groups -OCH3 is 1. The molecule has 2 aliphatic rings. The fourth-order valence-electron chi connectivity index (χ4n) is 3.63. The van der Waals surface area contributed by atoms with Gasteiger partial charge in [0.15, 0.2) is 0 Å². The van der Waals surface area contributed by atoms with Crippen molar-refractivity contribution in [3.63, 3.8) is 0 Å². The minimum atomic E-state index is -0.867. The van der Waals surface area contributed by atoms with Gasteiger partial charge in [0.2, 0.25) is 0 Å². The van der Waals surface area contributed by atoms with Gasteiger partial charge in [-0.1, -0.05) is 0 Å². The number of carboxylic acids is 1. The summed E-state index contributed by atoms with van der Waals surface area (Å²) < 4.78 is 10.6. The number of fused-ring (bicyclic) bond motifs is 1. The zero-order valence-electron chi connectivity index (χ0n) is 13.4. The van der Waals surface area contributed by atoms with Gasteiger partial charge in [-0.2, -0.15) is 0 Å². The molecular formula is C17H21NO5. The minimum absolute atomic E-state index is 0.125. The molecule has 1 amide bonds. The Balaban J connectivity index is 1.85. The van der Waals surface area contributed by atoms with E-state index < -0.39 is 11.4 Å². The van der Waals surface area contributed by atoms with E-state index >= 15 is 0 Å². The maximum Gasteiger partial charge on any atom is 0.311 e. The number of hydrogen-bond donors (Lipinski definition) is 1. The van der Waals surface area contributed by atoms with E-state index in [-0.39, 0.29) is 18.4 Å². The van der Waals surface area contributed by atoms with Crippen molar-refractivity contribution < 1.29 is 24.2 Å². The molecule has 3 rings (SSSR count). The van der Waals surface area contributed by atoms with Crippen molar-refractivity contribution in [1.82, 2.24) is 4.90 Å². The van der Waals surface area contributed by atoms with Crippen LogP contribution in [0.4, 0.5) is 0 Å². The van der Waals surface area contributed by atoms with Crippen LogP contribution < -0.4 is 4.74 Å². The Labute approximate surface area is 135 Å². The van der Waals surface area contributed by atoms with Crippen molar-refractivity contribution in [2.45, 2.75) is 13.3 Å². The van der Waals surface area contributed by atoms with Crippen molar-refractivity contribution in [2.24, 2.45) is 11.3 Å². The summed E-state index contributed by atoms with van der Waals surface area (Å²) in [6.45, 7) is 3.37. The van der Waals surface area contributed by atoms with Gasteiger partial charge in [-0.3, -0.25) is 9.59 Å². The number of aliphatic carboxylic acids is 1. The summed E-state index contributed by atoms with van der Waals surface area (Å²) in [4.78, 5) is 26.3. The predicted molar refractivity (Wildman–Crippen MR) is 82.6 cm³/mol. The second-order valence-corrected chi connectivity index (χ2v) is 6.35. The van der Waals surface area contributed by atoms with Crippen molar-refractivity contribution in [1.29, 1.82) is 0 Å². The monoisotopic (exact) mass is 319 g/mol. The molecular weight excluding hydrogens is 298 g/mol. The number of rotatable bonds is 3. The van der Waals surface area contributed by atoms with Gasteiger partial charge in [-0.05, 0) is 37.1 Å². The van der Waals surface area contributed by atoms with Gasteiger partial charge in [-0.15, -0.1) is 0 Å². The van der Waals surface area contributed by atoms with Gasteiger partial charge in [0.05, 0.1) is 19.1 Å². The molecule has 0 aliphatic carbocycles. The summed E-state index contributed by atoms with van der Waals surface area (Å²) in [6, 6.07) is 5.30. The highest BCUT2D eigenvalue weighted by atomic mass is 16.5. The minimum Gasteiger partial charge on any atom is -0.497 e. The highest BCUT2D eigenvalue weighted by Gasteiger charge is 2.55. The molecule has 6 nitrogen and oxygen atoms in total. The van der Waals surface area contributed by atoms with E-state index in [1.165, 1.54) is 0 Å². The topological polar surface area (TPSA) is 76.1 Å². The lowest BCUT2D eigenvalue weighted by Crippen LogP contribution is -2.45. The predicted octanol–water partition coefficient (Wildman–Crippen LogP) is 1.57. The van der Waals surface area contributed by atoms with E-state index in [4.69, 9.17) is 9.47 Å². The molecule has 23 heavy (non-hydrogen) atoms. The van der Waals surface area contributed by atoms with Crippen LogP contribution in [0.2, 0.25) is 0 Å². The van der Waals surface area contributed by atoms with E-state index in [0.29, 0.717) is 37.5 Å². The maximum atomic E-state index is 12.8. The first-order chi connectivity index (χ1) is 11.0. The SMILES string of the molecule is COc1ccc(C(=O)N2C[C@H]3COCC[C@@]3(C(=O)O)C2)c(C)c1. The summed E-state index contributed by atoms with van der Waals surface area (Å²) in [6.07, 6.45) is 0.457. The lowest BCUT2D eigenvalue weighted by molar-refractivity contribution is -0.157. The first-order valence-corrected chi connectivity index (χ1v) is 7.73. The molecule has 0 bridgehead atoms. The van der Waals surface area contributed by atoms with E-state index in [1.54, 1.807) is 24.1 Å². The Morgan fingerprint density at radius 3 is 2.83 bits per heavy atom. The molecule has 0 spiro atoms. The number of ether oxygens (including phenoxy) is 2. The number of carboxylic acid groups (broad SMARTS) is 1. The molecule has 2 saturated heterocycles. The smallest absolute Gasteiger partial charge is 0.311 e. The van der Waals surface area contributed by atoms with Gasteiger partial charge >= 0.3 is 5.97 Å². The zero-order valence-corrected chi connectivity index (χ0v) is 13.4. The third-order valence-electron chi connectivity index (χ3n) is 5.08. The van der Waals surface area contributed by atoms with Crippen LogP contribution in [-0.4, -0.2) is 55.3 Å². The number of aryl methyl sites for hydroxylation is 1. The number of likely N-dealkylation sites (tertiary alicyclic amines) is 1. The van der Waals surface area contributed by atoms with Crippen LogP contribution in [-0.2, 0) is 9.53 Å². The standard InChI is InChI=1S/C17H21NO5/c1-11-7-13(22-2)3-4-14(11)15(19)18-8-12-9-23-6-5-17(12,10-18)16(20)21/h3-4,7,12H,5-6,8-10H2,1-2H3,(H,20,21)/t12-,17+/m0/s1. The summed E-state index contributed by atoms with van der Waals surface area (Å²) in [7, 11) is 1.58. The summed E-state index contributed by atoms with van der Waals surface area (Å²) >= 11 is 0. The van der Waals surface area contributed by atoms with Gasteiger partial charge in [0, 0.05) is 31.2 Å². The molecule has 0 unspecified atom stereocenters. The highest BCUT2D eigenvalue weighted by molar-refractivity contribution is 5.96. The van der Waals surface area contributed by atoms with Gasteiger partial charge in [-0.25, -0.2) is 0 Å². The largest absolute Gasteiger partial charge is 0.497 e. The highest BCUT2D eigenvalue weighted by Crippen LogP contribution is 2.43. The number of hydrogen-bond acceptors (Lipinski definition) is 4.